The normalized spacial score (nSPS) is 11.5. The average molecular weight is 285 g/mol. The van der Waals surface area contributed by atoms with Crippen molar-refractivity contribution in [1.82, 2.24) is 4.98 Å². The second-order valence-electron chi connectivity index (χ2n) is 6.21. The van der Waals surface area contributed by atoms with Crippen LogP contribution in [0.2, 0.25) is 0 Å². The number of rotatable bonds is 4. The molecule has 0 spiro atoms. The largest absolute Gasteiger partial charge is 0.439 e. The fourth-order valence-corrected chi connectivity index (χ4v) is 2.04. The summed E-state index contributed by atoms with van der Waals surface area (Å²) < 4.78 is 5.88. The molecule has 1 heterocycles. The lowest BCUT2D eigenvalue weighted by Gasteiger charge is -2.19. The van der Waals surface area contributed by atoms with Crippen LogP contribution in [0.15, 0.2) is 36.4 Å². The van der Waals surface area contributed by atoms with Crippen molar-refractivity contribution in [3.05, 3.63) is 53.2 Å². The number of aromatic nitrogens is 1. The summed E-state index contributed by atoms with van der Waals surface area (Å²) in [7, 11) is 0. The molecule has 1 aromatic carbocycles. The van der Waals surface area contributed by atoms with Crippen LogP contribution in [0.3, 0.4) is 0 Å². The lowest BCUT2D eigenvalue weighted by Crippen LogP contribution is -2.14. The Morgan fingerprint density at radius 1 is 1.10 bits per heavy atom. The van der Waals surface area contributed by atoms with Gasteiger partial charge in [0.1, 0.15) is 5.75 Å². The molecule has 3 nitrogen and oxygen atoms in total. The molecule has 0 aliphatic carbocycles. The highest BCUT2D eigenvalue weighted by Gasteiger charge is 2.17. The van der Waals surface area contributed by atoms with Crippen LogP contribution < -0.4 is 4.74 Å². The average Bonchev–Trinajstić information content (AvgIpc) is 2.46. The van der Waals surface area contributed by atoms with E-state index in [0.29, 0.717) is 5.88 Å². The number of aliphatic hydroxyl groups is 1. The molecule has 0 saturated carbocycles. The Hall–Kier alpha value is -1.87. The number of hydrogen-bond acceptors (Lipinski definition) is 3. The van der Waals surface area contributed by atoms with E-state index in [4.69, 9.17) is 4.74 Å². The molecule has 0 fully saturated rings. The summed E-state index contributed by atoms with van der Waals surface area (Å²) in [4.78, 5) is 4.57. The summed E-state index contributed by atoms with van der Waals surface area (Å²) in [6.07, 6.45) is 0.967. The summed E-state index contributed by atoms with van der Waals surface area (Å²) in [5.74, 6) is 1.30. The van der Waals surface area contributed by atoms with Gasteiger partial charge in [-0.3, -0.25) is 0 Å². The predicted octanol–water partition coefficient (Wildman–Crippen LogP) is 4.23. The Morgan fingerprint density at radius 2 is 1.86 bits per heavy atom. The lowest BCUT2D eigenvalue weighted by molar-refractivity contribution is 0.280. The van der Waals surface area contributed by atoms with Crippen LogP contribution >= 0.6 is 0 Å². The van der Waals surface area contributed by atoms with Gasteiger partial charge in [0.15, 0.2) is 0 Å². The fourth-order valence-electron chi connectivity index (χ4n) is 2.04. The van der Waals surface area contributed by atoms with Crippen LogP contribution in [-0.2, 0) is 18.4 Å². The third-order valence-electron chi connectivity index (χ3n) is 3.34. The first-order valence-corrected chi connectivity index (χ1v) is 7.31. The summed E-state index contributed by atoms with van der Waals surface area (Å²) in [6, 6.07) is 11.7. The quantitative estimate of drug-likeness (QED) is 0.914. The Kier molecular flexibility index (Phi) is 4.63. The molecule has 0 bridgehead atoms. The number of hydrogen-bond donors (Lipinski definition) is 1. The Labute approximate surface area is 126 Å². The van der Waals surface area contributed by atoms with Gasteiger partial charge in [0.25, 0.3) is 0 Å². The molecule has 2 rings (SSSR count). The third kappa shape index (κ3) is 4.05. The Balaban J connectivity index is 2.34. The number of aryl methyl sites for hydroxylation is 1. The zero-order chi connectivity index (χ0) is 15.5. The van der Waals surface area contributed by atoms with Crippen molar-refractivity contribution in [2.75, 3.05) is 0 Å². The maximum absolute atomic E-state index is 9.42. The van der Waals surface area contributed by atoms with E-state index in [1.807, 2.05) is 24.3 Å². The molecule has 2 aromatic rings. The molecule has 112 valence electrons. The van der Waals surface area contributed by atoms with Crippen LogP contribution in [0, 0.1) is 0 Å². The van der Waals surface area contributed by atoms with E-state index in [1.165, 1.54) is 5.56 Å². The van der Waals surface area contributed by atoms with Crippen molar-refractivity contribution < 1.29 is 9.84 Å². The van der Waals surface area contributed by atoms with E-state index in [9.17, 15) is 5.11 Å². The molecule has 0 saturated heterocycles. The van der Waals surface area contributed by atoms with Gasteiger partial charge in [0, 0.05) is 11.5 Å². The molecule has 0 atom stereocenters. The Morgan fingerprint density at radius 3 is 2.48 bits per heavy atom. The molecule has 21 heavy (non-hydrogen) atoms. The molecule has 0 radical (unpaired) electrons. The smallest absolute Gasteiger partial charge is 0.219 e. The van der Waals surface area contributed by atoms with Crippen molar-refractivity contribution >= 4 is 0 Å². The van der Waals surface area contributed by atoms with E-state index >= 15 is 0 Å². The Bertz CT molecular complexity index is 615. The number of aliphatic hydroxyl groups excluding tert-OH is 1. The van der Waals surface area contributed by atoms with Gasteiger partial charge < -0.3 is 9.84 Å². The number of benzene rings is 1. The van der Waals surface area contributed by atoms with Crippen LogP contribution in [0.25, 0.3) is 0 Å². The summed E-state index contributed by atoms with van der Waals surface area (Å²) in [5.41, 5.74) is 2.86. The summed E-state index contributed by atoms with van der Waals surface area (Å²) in [5, 5.41) is 9.42. The van der Waals surface area contributed by atoms with Gasteiger partial charge in [0.2, 0.25) is 5.88 Å². The number of pyridine rings is 1. The lowest BCUT2D eigenvalue weighted by atomic mass is 9.91. The SMILES string of the molecule is CCc1cccc(Oc2cc(CO)cc(C(C)(C)C)n2)c1. The molecule has 1 N–H and O–H groups in total. The minimum atomic E-state index is -0.0887. The van der Waals surface area contributed by atoms with Crippen molar-refractivity contribution in [1.29, 1.82) is 0 Å². The van der Waals surface area contributed by atoms with Crippen molar-refractivity contribution in [2.45, 2.75) is 46.1 Å². The monoisotopic (exact) mass is 285 g/mol. The molecule has 0 aliphatic heterocycles. The highest BCUT2D eigenvalue weighted by Crippen LogP contribution is 2.27. The van der Waals surface area contributed by atoms with Crippen molar-refractivity contribution in [2.24, 2.45) is 0 Å². The van der Waals surface area contributed by atoms with Crippen molar-refractivity contribution in [3.8, 4) is 11.6 Å². The summed E-state index contributed by atoms with van der Waals surface area (Å²) >= 11 is 0. The molecule has 1 aromatic heterocycles. The van der Waals surface area contributed by atoms with E-state index < -0.39 is 0 Å². The van der Waals surface area contributed by atoms with Gasteiger partial charge in [-0.15, -0.1) is 0 Å². The first-order chi connectivity index (χ1) is 9.92. The van der Waals surface area contributed by atoms with Crippen molar-refractivity contribution in [3.63, 3.8) is 0 Å². The molecular weight excluding hydrogens is 262 g/mol. The van der Waals surface area contributed by atoms with Crippen LogP contribution in [-0.4, -0.2) is 10.1 Å². The fraction of sp³-hybridized carbons (Fsp3) is 0.389. The maximum atomic E-state index is 9.42. The van der Waals surface area contributed by atoms with Gasteiger partial charge >= 0.3 is 0 Å². The first-order valence-electron chi connectivity index (χ1n) is 7.31. The van der Waals surface area contributed by atoms with Gasteiger partial charge in [0.05, 0.1) is 12.3 Å². The van der Waals surface area contributed by atoms with E-state index in [0.717, 1.165) is 23.4 Å². The minimum Gasteiger partial charge on any atom is -0.439 e. The van der Waals surface area contributed by atoms with Gasteiger partial charge in [-0.05, 0) is 35.7 Å². The molecule has 0 amide bonds. The molecule has 0 unspecified atom stereocenters. The summed E-state index contributed by atoms with van der Waals surface area (Å²) in [6.45, 7) is 8.38. The molecular formula is C18H23NO2. The zero-order valence-electron chi connectivity index (χ0n) is 13.2. The van der Waals surface area contributed by atoms with E-state index in [1.54, 1.807) is 6.07 Å². The van der Waals surface area contributed by atoms with Crippen LogP contribution in [0.4, 0.5) is 0 Å². The van der Waals surface area contributed by atoms with E-state index in [-0.39, 0.29) is 12.0 Å². The molecule has 0 aliphatic rings. The highest BCUT2D eigenvalue weighted by molar-refractivity contribution is 5.34. The van der Waals surface area contributed by atoms with E-state index in [2.05, 4.69) is 38.7 Å². The second-order valence-corrected chi connectivity index (χ2v) is 6.21. The standard InChI is InChI=1S/C18H23NO2/c1-5-13-7-6-8-15(9-13)21-17-11-14(12-20)10-16(19-17)18(2,3)4/h6-11,20H,5,12H2,1-4H3. The molecule has 3 heteroatoms. The van der Waals surface area contributed by atoms with Gasteiger partial charge in [-0.25, -0.2) is 4.98 Å². The zero-order valence-corrected chi connectivity index (χ0v) is 13.2. The second kappa shape index (κ2) is 6.27. The highest BCUT2D eigenvalue weighted by atomic mass is 16.5. The first kappa shape index (κ1) is 15.5. The minimum absolute atomic E-state index is 0.0169. The topological polar surface area (TPSA) is 42.4 Å². The number of ether oxygens (including phenoxy) is 1. The van der Waals surface area contributed by atoms with Gasteiger partial charge in [-0.2, -0.15) is 0 Å². The number of nitrogens with zero attached hydrogens (tertiary/aromatic N) is 1. The van der Waals surface area contributed by atoms with Gasteiger partial charge in [-0.1, -0.05) is 39.8 Å². The maximum Gasteiger partial charge on any atom is 0.219 e. The third-order valence-corrected chi connectivity index (χ3v) is 3.34. The van der Waals surface area contributed by atoms with Crippen LogP contribution in [0.1, 0.15) is 44.5 Å². The van der Waals surface area contributed by atoms with Crippen LogP contribution in [0.5, 0.6) is 11.6 Å². The predicted molar refractivity (Wildman–Crippen MR) is 84.8 cm³/mol.